The average molecular weight is 271 g/mol. The second-order valence-electron chi connectivity index (χ2n) is 3.96. The molecule has 0 spiro atoms. The van der Waals surface area contributed by atoms with E-state index in [1.54, 1.807) is 0 Å². The smallest absolute Gasteiger partial charge is 0.181 e. The van der Waals surface area contributed by atoms with Crippen LogP contribution < -0.4 is 5.73 Å². The van der Waals surface area contributed by atoms with E-state index in [4.69, 9.17) is 5.73 Å². The third kappa shape index (κ3) is 2.90. The molecule has 1 aromatic carbocycles. The van der Waals surface area contributed by atoms with Gasteiger partial charge in [0.25, 0.3) is 0 Å². The normalized spacial score (nSPS) is 10.1. The second kappa shape index (κ2) is 5.80. The molecule has 0 fully saturated rings. The van der Waals surface area contributed by atoms with E-state index in [-0.39, 0.29) is 0 Å². The summed E-state index contributed by atoms with van der Waals surface area (Å²) in [7, 11) is 0. The highest BCUT2D eigenvalue weighted by molar-refractivity contribution is 7.22. The van der Waals surface area contributed by atoms with Crippen molar-refractivity contribution < 1.29 is 0 Å². The Kier molecular flexibility index (Phi) is 4.12. The Morgan fingerprint density at radius 2 is 1.89 bits per heavy atom. The third-order valence-electron chi connectivity index (χ3n) is 2.61. The molecule has 0 atom stereocenters. The molecule has 0 saturated carbocycles. The maximum Gasteiger partial charge on any atom is 0.181 e. The monoisotopic (exact) mass is 271 g/mol. The lowest BCUT2D eigenvalue weighted by molar-refractivity contribution is 1.27. The van der Waals surface area contributed by atoms with Crippen LogP contribution in [0.5, 0.6) is 0 Å². The number of nitrogen functional groups attached to an aromatic ring is 1. The molecule has 3 aromatic rings. The molecule has 0 bridgehead atoms. The first-order valence-corrected chi connectivity index (χ1v) is 7.13. The zero-order valence-corrected chi connectivity index (χ0v) is 12.2. The molecule has 0 unspecified atom stereocenters. The standard InChI is InChI=1S/C13H11N3S.C2H6/c1-8-2-4-10(15-7-8)9-3-5-11-12(6-9)17-13(14)16-11;1-2/h2-7H,1H3,(H2,14,16);1-2H3. The van der Waals surface area contributed by atoms with Crippen molar-refractivity contribution in [2.45, 2.75) is 20.8 Å². The minimum atomic E-state index is 0.606. The van der Waals surface area contributed by atoms with Crippen LogP contribution in [0.15, 0.2) is 36.5 Å². The topological polar surface area (TPSA) is 51.8 Å². The molecular formula is C15H17N3S. The number of aryl methyl sites for hydroxylation is 1. The first-order valence-electron chi connectivity index (χ1n) is 6.31. The molecule has 2 aromatic heterocycles. The van der Waals surface area contributed by atoms with Crippen molar-refractivity contribution in [3.05, 3.63) is 42.1 Å². The molecule has 0 aliphatic heterocycles. The number of benzene rings is 1. The van der Waals surface area contributed by atoms with E-state index in [2.05, 4.69) is 22.1 Å². The van der Waals surface area contributed by atoms with Gasteiger partial charge in [0, 0.05) is 11.8 Å². The van der Waals surface area contributed by atoms with Gasteiger partial charge in [-0.1, -0.05) is 37.3 Å². The molecule has 0 saturated heterocycles. The Balaban J connectivity index is 0.000000637. The van der Waals surface area contributed by atoms with Gasteiger partial charge < -0.3 is 5.73 Å². The second-order valence-corrected chi connectivity index (χ2v) is 5.02. The van der Waals surface area contributed by atoms with Crippen molar-refractivity contribution in [1.82, 2.24) is 9.97 Å². The van der Waals surface area contributed by atoms with Gasteiger partial charge in [-0.05, 0) is 30.7 Å². The Hall–Kier alpha value is -1.94. The lowest BCUT2D eigenvalue weighted by Gasteiger charge is -2.00. The molecule has 3 rings (SSSR count). The fourth-order valence-electron chi connectivity index (χ4n) is 1.74. The summed E-state index contributed by atoms with van der Waals surface area (Å²) in [5.41, 5.74) is 9.88. The van der Waals surface area contributed by atoms with Gasteiger partial charge in [-0.2, -0.15) is 0 Å². The number of fused-ring (bicyclic) bond motifs is 1. The van der Waals surface area contributed by atoms with E-state index in [1.807, 2.05) is 45.2 Å². The molecule has 3 nitrogen and oxygen atoms in total. The van der Waals surface area contributed by atoms with E-state index in [0.717, 1.165) is 27.0 Å². The van der Waals surface area contributed by atoms with Gasteiger partial charge in [-0.3, -0.25) is 4.98 Å². The highest BCUT2D eigenvalue weighted by atomic mass is 32.1. The first kappa shape index (κ1) is 13.5. The summed E-state index contributed by atoms with van der Waals surface area (Å²) in [5.74, 6) is 0. The first-order chi connectivity index (χ1) is 9.22. The van der Waals surface area contributed by atoms with E-state index >= 15 is 0 Å². The van der Waals surface area contributed by atoms with E-state index in [0.29, 0.717) is 5.13 Å². The number of thiazole rings is 1. The molecule has 2 heterocycles. The number of pyridine rings is 1. The zero-order chi connectivity index (χ0) is 13.8. The predicted octanol–water partition coefficient (Wildman–Crippen LogP) is 4.28. The number of hydrogen-bond donors (Lipinski definition) is 1. The van der Waals surface area contributed by atoms with Crippen LogP contribution in [-0.4, -0.2) is 9.97 Å². The molecule has 0 radical (unpaired) electrons. The summed E-state index contributed by atoms with van der Waals surface area (Å²) in [4.78, 5) is 8.65. The molecule has 19 heavy (non-hydrogen) atoms. The molecule has 0 aliphatic carbocycles. The minimum absolute atomic E-state index is 0.606. The molecule has 4 heteroatoms. The van der Waals surface area contributed by atoms with Gasteiger partial charge in [0.2, 0.25) is 0 Å². The van der Waals surface area contributed by atoms with Gasteiger partial charge in [0.15, 0.2) is 5.13 Å². The Morgan fingerprint density at radius 3 is 2.58 bits per heavy atom. The Bertz CT molecular complexity index is 671. The van der Waals surface area contributed by atoms with Crippen molar-refractivity contribution in [1.29, 1.82) is 0 Å². The maximum absolute atomic E-state index is 5.69. The summed E-state index contributed by atoms with van der Waals surface area (Å²) in [6.07, 6.45) is 1.88. The van der Waals surface area contributed by atoms with Crippen LogP contribution in [0.25, 0.3) is 21.5 Å². The van der Waals surface area contributed by atoms with E-state index in [1.165, 1.54) is 11.3 Å². The maximum atomic E-state index is 5.69. The molecule has 0 amide bonds. The van der Waals surface area contributed by atoms with Gasteiger partial charge in [0.05, 0.1) is 15.9 Å². The van der Waals surface area contributed by atoms with Crippen molar-refractivity contribution in [3.63, 3.8) is 0 Å². The van der Waals surface area contributed by atoms with E-state index < -0.39 is 0 Å². The fraction of sp³-hybridized carbons (Fsp3) is 0.200. The average Bonchev–Trinajstić information content (AvgIpc) is 2.81. The summed E-state index contributed by atoms with van der Waals surface area (Å²) >= 11 is 1.50. The SMILES string of the molecule is CC.Cc1ccc(-c2ccc3nc(N)sc3c2)nc1. The zero-order valence-electron chi connectivity index (χ0n) is 11.3. The van der Waals surface area contributed by atoms with Crippen LogP contribution in [-0.2, 0) is 0 Å². The van der Waals surface area contributed by atoms with Gasteiger partial charge in [-0.25, -0.2) is 4.98 Å². The highest BCUT2D eigenvalue weighted by Crippen LogP contribution is 2.28. The van der Waals surface area contributed by atoms with Crippen LogP contribution in [0.2, 0.25) is 0 Å². The fourth-order valence-corrected chi connectivity index (χ4v) is 2.51. The van der Waals surface area contributed by atoms with Crippen LogP contribution >= 0.6 is 11.3 Å². The molecule has 2 N–H and O–H groups in total. The number of hydrogen-bond acceptors (Lipinski definition) is 4. The lowest BCUT2D eigenvalue weighted by Crippen LogP contribution is -1.83. The minimum Gasteiger partial charge on any atom is -0.375 e. The summed E-state index contributed by atoms with van der Waals surface area (Å²) < 4.78 is 1.10. The summed E-state index contributed by atoms with van der Waals surface area (Å²) in [5, 5.41) is 0.606. The van der Waals surface area contributed by atoms with Gasteiger partial charge >= 0.3 is 0 Å². The van der Waals surface area contributed by atoms with Crippen molar-refractivity contribution in [2.75, 3.05) is 5.73 Å². The summed E-state index contributed by atoms with van der Waals surface area (Å²) in [6.45, 7) is 6.03. The third-order valence-corrected chi connectivity index (χ3v) is 3.46. The van der Waals surface area contributed by atoms with Gasteiger partial charge in [-0.15, -0.1) is 0 Å². The van der Waals surface area contributed by atoms with Crippen molar-refractivity contribution in [3.8, 4) is 11.3 Å². The quantitative estimate of drug-likeness (QED) is 0.719. The number of aromatic nitrogens is 2. The van der Waals surface area contributed by atoms with Gasteiger partial charge in [0.1, 0.15) is 0 Å². The van der Waals surface area contributed by atoms with Crippen molar-refractivity contribution >= 4 is 26.7 Å². The largest absolute Gasteiger partial charge is 0.375 e. The predicted molar refractivity (Wildman–Crippen MR) is 83.3 cm³/mol. The number of nitrogens with two attached hydrogens (primary N) is 1. The Labute approximate surface area is 117 Å². The number of anilines is 1. The molecule has 0 aliphatic rings. The number of nitrogens with zero attached hydrogens (tertiary/aromatic N) is 2. The van der Waals surface area contributed by atoms with E-state index in [9.17, 15) is 0 Å². The van der Waals surface area contributed by atoms with Crippen LogP contribution in [0, 0.1) is 6.92 Å². The molecular weight excluding hydrogens is 254 g/mol. The van der Waals surface area contributed by atoms with Crippen LogP contribution in [0.1, 0.15) is 19.4 Å². The lowest BCUT2D eigenvalue weighted by atomic mass is 10.1. The van der Waals surface area contributed by atoms with Crippen LogP contribution in [0.3, 0.4) is 0 Å². The highest BCUT2D eigenvalue weighted by Gasteiger charge is 2.04. The van der Waals surface area contributed by atoms with Crippen molar-refractivity contribution in [2.24, 2.45) is 0 Å². The molecule has 98 valence electrons. The Morgan fingerprint density at radius 1 is 1.11 bits per heavy atom. The summed E-state index contributed by atoms with van der Waals surface area (Å²) in [6, 6.07) is 10.2. The number of rotatable bonds is 1. The van der Waals surface area contributed by atoms with Crippen LogP contribution in [0.4, 0.5) is 5.13 Å².